The Labute approximate surface area is 104 Å². The van der Waals surface area contributed by atoms with Gasteiger partial charge in [-0.15, -0.1) is 0 Å². The van der Waals surface area contributed by atoms with Gasteiger partial charge in [-0.3, -0.25) is 4.79 Å². The number of carbonyl (C=O) groups is 1. The predicted molar refractivity (Wildman–Crippen MR) is 71.7 cm³/mol. The minimum absolute atomic E-state index is 0.139. The zero-order chi connectivity index (χ0) is 12.3. The fraction of sp³-hybridized carbons (Fsp3) is 0.533. The summed E-state index contributed by atoms with van der Waals surface area (Å²) in [6.45, 7) is 5.05. The molecule has 1 aromatic carbocycles. The molecule has 1 aliphatic rings. The zero-order valence-electron chi connectivity index (χ0n) is 10.8. The Kier molecular flexibility index (Phi) is 3.82. The van der Waals surface area contributed by atoms with E-state index in [0.717, 1.165) is 12.1 Å². The van der Waals surface area contributed by atoms with Crippen LogP contribution in [0.1, 0.15) is 49.9 Å². The molecule has 1 fully saturated rings. The number of carbonyl (C=O) groups excluding carboxylic acids is 1. The van der Waals surface area contributed by atoms with E-state index in [0.29, 0.717) is 6.04 Å². The van der Waals surface area contributed by atoms with E-state index >= 15 is 0 Å². The molecule has 0 amide bonds. The van der Waals surface area contributed by atoms with Crippen LogP contribution in [-0.4, -0.2) is 18.4 Å². The van der Waals surface area contributed by atoms with Crippen molar-refractivity contribution in [2.24, 2.45) is 0 Å². The van der Waals surface area contributed by atoms with Gasteiger partial charge in [-0.1, -0.05) is 12.8 Å². The molecule has 1 saturated heterocycles. The second-order valence-electron chi connectivity index (χ2n) is 4.99. The third-order valence-corrected chi connectivity index (χ3v) is 3.66. The molecular weight excluding hydrogens is 210 g/mol. The van der Waals surface area contributed by atoms with Gasteiger partial charge in [-0.25, -0.2) is 0 Å². The lowest BCUT2D eigenvalue weighted by Gasteiger charge is -2.29. The SMILES string of the molecule is CC(=O)c1ccc(N2CCCCCC2C)cc1. The zero-order valence-corrected chi connectivity index (χ0v) is 10.8. The fourth-order valence-corrected chi connectivity index (χ4v) is 2.55. The lowest BCUT2D eigenvalue weighted by Crippen LogP contribution is -2.32. The smallest absolute Gasteiger partial charge is 0.159 e. The topological polar surface area (TPSA) is 20.3 Å². The van der Waals surface area contributed by atoms with Crippen LogP contribution in [0.2, 0.25) is 0 Å². The van der Waals surface area contributed by atoms with Crippen molar-refractivity contribution in [3.05, 3.63) is 29.8 Å². The van der Waals surface area contributed by atoms with Crippen molar-refractivity contribution in [1.29, 1.82) is 0 Å². The second-order valence-corrected chi connectivity index (χ2v) is 4.99. The first-order valence-corrected chi connectivity index (χ1v) is 6.56. The highest BCUT2D eigenvalue weighted by Gasteiger charge is 2.17. The van der Waals surface area contributed by atoms with Crippen molar-refractivity contribution in [2.45, 2.75) is 45.6 Å². The van der Waals surface area contributed by atoms with Gasteiger partial charge in [0, 0.05) is 23.8 Å². The standard InChI is InChI=1S/C15H21NO/c1-12-6-4-3-5-11-16(12)15-9-7-14(8-10-15)13(2)17/h7-10,12H,3-6,11H2,1-2H3. The van der Waals surface area contributed by atoms with Gasteiger partial charge < -0.3 is 4.90 Å². The van der Waals surface area contributed by atoms with Crippen molar-refractivity contribution >= 4 is 11.5 Å². The number of anilines is 1. The van der Waals surface area contributed by atoms with E-state index in [1.165, 1.54) is 31.4 Å². The Bertz CT molecular complexity index is 382. The maximum absolute atomic E-state index is 11.2. The van der Waals surface area contributed by atoms with Crippen LogP contribution in [0.4, 0.5) is 5.69 Å². The number of hydrogen-bond donors (Lipinski definition) is 0. The van der Waals surface area contributed by atoms with Crippen LogP contribution < -0.4 is 4.90 Å². The molecule has 2 rings (SSSR count). The number of hydrogen-bond acceptors (Lipinski definition) is 2. The summed E-state index contributed by atoms with van der Waals surface area (Å²) in [5.74, 6) is 0.139. The van der Waals surface area contributed by atoms with Gasteiger partial charge in [0.1, 0.15) is 0 Å². The molecule has 1 atom stereocenters. The first-order chi connectivity index (χ1) is 8.18. The molecule has 1 unspecified atom stereocenters. The first-order valence-electron chi connectivity index (χ1n) is 6.56. The Morgan fingerprint density at radius 1 is 1.18 bits per heavy atom. The third kappa shape index (κ3) is 2.87. The van der Waals surface area contributed by atoms with Crippen molar-refractivity contribution in [3.8, 4) is 0 Å². The quantitative estimate of drug-likeness (QED) is 0.724. The molecule has 0 aromatic heterocycles. The van der Waals surface area contributed by atoms with E-state index in [9.17, 15) is 4.79 Å². The van der Waals surface area contributed by atoms with E-state index in [1.54, 1.807) is 6.92 Å². The molecule has 1 heterocycles. The van der Waals surface area contributed by atoms with Gasteiger partial charge in [-0.05, 0) is 51.0 Å². The number of benzene rings is 1. The van der Waals surface area contributed by atoms with Gasteiger partial charge in [0.15, 0.2) is 5.78 Å². The van der Waals surface area contributed by atoms with E-state index in [1.807, 2.05) is 12.1 Å². The summed E-state index contributed by atoms with van der Waals surface area (Å²) in [6, 6.07) is 8.66. The second kappa shape index (κ2) is 5.35. The van der Waals surface area contributed by atoms with Crippen LogP contribution in [0.15, 0.2) is 24.3 Å². The Morgan fingerprint density at radius 3 is 2.53 bits per heavy atom. The summed E-state index contributed by atoms with van der Waals surface area (Å²) in [6.07, 6.45) is 5.23. The Balaban J connectivity index is 2.17. The van der Waals surface area contributed by atoms with Crippen molar-refractivity contribution in [3.63, 3.8) is 0 Å². The average Bonchev–Trinajstić information content (AvgIpc) is 2.54. The van der Waals surface area contributed by atoms with Crippen molar-refractivity contribution in [2.75, 3.05) is 11.4 Å². The maximum Gasteiger partial charge on any atom is 0.159 e. The fourth-order valence-electron chi connectivity index (χ4n) is 2.55. The monoisotopic (exact) mass is 231 g/mol. The van der Waals surface area contributed by atoms with Crippen LogP contribution in [0.25, 0.3) is 0 Å². The predicted octanol–water partition coefficient (Wildman–Crippen LogP) is 3.66. The molecule has 1 aromatic rings. The molecule has 0 saturated carbocycles. The number of ketones is 1. The summed E-state index contributed by atoms with van der Waals surface area (Å²) in [4.78, 5) is 13.7. The molecule has 1 aliphatic heterocycles. The molecule has 0 aliphatic carbocycles. The van der Waals surface area contributed by atoms with Crippen LogP contribution in [0, 0.1) is 0 Å². The lowest BCUT2D eigenvalue weighted by atomic mass is 10.1. The molecular formula is C15H21NO. The minimum atomic E-state index is 0.139. The normalized spacial score (nSPS) is 21.1. The van der Waals surface area contributed by atoms with Crippen molar-refractivity contribution < 1.29 is 4.79 Å². The summed E-state index contributed by atoms with van der Waals surface area (Å²) in [5.41, 5.74) is 2.06. The van der Waals surface area contributed by atoms with Gasteiger partial charge in [0.25, 0.3) is 0 Å². The molecule has 0 bridgehead atoms. The summed E-state index contributed by atoms with van der Waals surface area (Å²) < 4.78 is 0. The van der Waals surface area contributed by atoms with Crippen LogP contribution in [-0.2, 0) is 0 Å². The third-order valence-electron chi connectivity index (χ3n) is 3.66. The molecule has 92 valence electrons. The molecule has 2 heteroatoms. The van der Waals surface area contributed by atoms with E-state index in [-0.39, 0.29) is 5.78 Å². The molecule has 0 radical (unpaired) electrons. The van der Waals surface area contributed by atoms with E-state index in [4.69, 9.17) is 0 Å². The maximum atomic E-state index is 11.2. The van der Waals surface area contributed by atoms with Crippen LogP contribution in [0.3, 0.4) is 0 Å². The number of nitrogens with zero attached hydrogens (tertiary/aromatic N) is 1. The van der Waals surface area contributed by atoms with Gasteiger partial charge >= 0.3 is 0 Å². The summed E-state index contributed by atoms with van der Waals surface area (Å²) >= 11 is 0. The Hall–Kier alpha value is -1.31. The Morgan fingerprint density at radius 2 is 1.88 bits per heavy atom. The number of rotatable bonds is 2. The van der Waals surface area contributed by atoms with Crippen LogP contribution in [0.5, 0.6) is 0 Å². The molecule has 17 heavy (non-hydrogen) atoms. The van der Waals surface area contributed by atoms with Crippen molar-refractivity contribution in [1.82, 2.24) is 0 Å². The highest BCUT2D eigenvalue weighted by atomic mass is 16.1. The van der Waals surface area contributed by atoms with Gasteiger partial charge in [0.05, 0.1) is 0 Å². The van der Waals surface area contributed by atoms with Crippen LogP contribution >= 0.6 is 0 Å². The summed E-state index contributed by atoms with van der Waals surface area (Å²) in [7, 11) is 0. The molecule has 2 nitrogen and oxygen atoms in total. The average molecular weight is 231 g/mol. The first kappa shape index (κ1) is 12.2. The van der Waals surface area contributed by atoms with Gasteiger partial charge in [0.2, 0.25) is 0 Å². The number of Topliss-reactive ketones (excluding diaryl/α,β-unsaturated/α-hetero) is 1. The highest BCUT2D eigenvalue weighted by Crippen LogP contribution is 2.24. The van der Waals surface area contributed by atoms with E-state index in [2.05, 4.69) is 24.0 Å². The molecule has 0 N–H and O–H groups in total. The van der Waals surface area contributed by atoms with Gasteiger partial charge in [-0.2, -0.15) is 0 Å². The summed E-state index contributed by atoms with van der Waals surface area (Å²) in [5, 5.41) is 0. The molecule has 0 spiro atoms. The van der Waals surface area contributed by atoms with E-state index < -0.39 is 0 Å². The highest BCUT2D eigenvalue weighted by molar-refractivity contribution is 5.94. The minimum Gasteiger partial charge on any atom is -0.369 e. The largest absolute Gasteiger partial charge is 0.369 e. The lowest BCUT2D eigenvalue weighted by molar-refractivity contribution is 0.101.